The number of thiocarbonyl (C=S) groups is 1. The van der Waals surface area contributed by atoms with Crippen LogP contribution < -0.4 is 10.7 Å². The number of hydrogen-bond donors (Lipinski definition) is 2. The molecule has 0 spiro atoms. The van der Waals surface area contributed by atoms with Crippen LogP contribution in [0.15, 0.2) is 0 Å². The van der Waals surface area contributed by atoms with E-state index in [2.05, 4.69) is 29.6 Å². The summed E-state index contributed by atoms with van der Waals surface area (Å²) in [4.78, 5) is 0. The minimum absolute atomic E-state index is 0.587. The first-order chi connectivity index (χ1) is 9.13. The third-order valence-corrected chi connectivity index (χ3v) is 5.69. The average molecular weight is 281 g/mol. The summed E-state index contributed by atoms with van der Waals surface area (Å²) in [6, 6.07) is 1.81. The maximum atomic E-state index is 5.53. The Bertz CT molecular complexity index is 336. The first-order valence-electron chi connectivity index (χ1n) is 7.99. The minimum Gasteiger partial charge on any atom is -0.359 e. The van der Waals surface area contributed by atoms with Crippen molar-refractivity contribution in [1.82, 2.24) is 15.8 Å². The molecular formula is C15H27N3S. The van der Waals surface area contributed by atoms with Gasteiger partial charge < -0.3 is 5.32 Å². The van der Waals surface area contributed by atoms with E-state index in [0.717, 1.165) is 16.9 Å². The van der Waals surface area contributed by atoms with Crippen LogP contribution in [0.1, 0.15) is 58.8 Å². The molecule has 0 aromatic rings. The van der Waals surface area contributed by atoms with Crippen molar-refractivity contribution >= 4 is 17.3 Å². The molecule has 2 aliphatic carbocycles. The summed E-state index contributed by atoms with van der Waals surface area (Å²) < 4.78 is 0. The molecule has 0 aromatic carbocycles. The molecule has 3 aliphatic rings. The second-order valence-electron chi connectivity index (χ2n) is 6.90. The fourth-order valence-electron chi connectivity index (χ4n) is 4.38. The summed E-state index contributed by atoms with van der Waals surface area (Å²) in [5, 5.41) is 6.78. The van der Waals surface area contributed by atoms with E-state index < -0.39 is 0 Å². The van der Waals surface area contributed by atoms with Gasteiger partial charge in [-0.2, -0.15) is 0 Å². The maximum Gasteiger partial charge on any atom is 0.181 e. The van der Waals surface area contributed by atoms with Crippen LogP contribution in [0.3, 0.4) is 0 Å². The van der Waals surface area contributed by atoms with Crippen molar-refractivity contribution in [1.29, 1.82) is 0 Å². The van der Waals surface area contributed by atoms with Crippen molar-refractivity contribution in [2.24, 2.45) is 11.8 Å². The molecule has 3 nitrogen and oxygen atoms in total. The van der Waals surface area contributed by atoms with Crippen LogP contribution in [0.2, 0.25) is 0 Å². The molecule has 0 amide bonds. The van der Waals surface area contributed by atoms with Crippen LogP contribution in [0, 0.1) is 11.8 Å². The van der Waals surface area contributed by atoms with Gasteiger partial charge in [-0.3, -0.25) is 5.43 Å². The fourth-order valence-corrected chi connectivity index (χ4v) is 4.64. The maximum absolute atomic E-state index is 5.53. The van der Waals surface area contributed by atoms with Gasteiger partial charge in [0.15, 0.2) is 5.11 Å². The molecular weight excluding hydrogens is 254 g/mol. The van der Waals surface area contributed by atoms with Gasteiger partial charge in [-0.05, 0) is 70.0 Å². The smallest absolute Gasteiger partial charge is 0.181 e. The molecule has 0 aromatic heterocycles. The topological polar surface area (TPSA) is 27.3 Å². The fraction of sp³-hybridized carbons (Fsp3) is 0.933. The Balaban J connectivity index is 1.50. The van der Waals surface area contributed by atoms with Crippen LogP contribution in [-0.2, 0) is 0 Å². The Labute approximate surface area is 122 Å². The monoisotopic (exact) mass is 281 g/mol. The van der Waals surface area contributed by atoms with Crippen molar-refractivity contribution in [2.45, 2.75) is 76.9 Å². The standard InChI is InChI=1S/C15H27N3S/c1-10-4-3-5-11(2)18(10)17-15(19)16-14-9-12-6-7-13(14)8-12/h10-14H,3-9H2,1-2H3,(H2,16,17,19)/t10-,11+,12-,13-,14-/m1/s1. The highest BCUT2D eigenvalue weighted by Gasteiger charge is 2.39. The third kappa shape index (κ3) is 2.89. The van der Waals surface area contributed by atoms with Gasteiger partial charge in [0.1, 0.15) is 0 Å². The lowest BCUT2D eigenvalue weighted by atomic mass is 9.95. The SMILES string of the molecule is C[C@@H]1CCC[C@H](C)N1NC(=S)N[C@@H]1C[C@@H]2CC[C@@H]1C2. The molecule has 5 atom stereocenters. The molecule has 3 rings (SSSR count). The molecule has 4 heteroatoms. The molecule has 0 radical (unpaired) electrons. The van der Waals surface area contributed by atoms with Crippen LogP contribution in [0.4, 0.5) is 0 Å². The zero-order chi connectivity index (χ0) is 13.4. The lowest BCUT2D eigenvalue weighted by Gasteiger charge is -2.40. The van der Waals surface area contributed by atoms with Gasteiger partial charge >= 0.3 is 0 Å². The van der Waals surface area contributed by atoms with E-state index in [9.17, 15) is 0 Å². The van der Waals surface area contributed by atoms with E-state index in [1.165, 1.54) is 44.9 Å². The largest absolute Gasteiger partial charge is 0.359 e. The predicted molar refractivity (Wildman–Crippen MR) is 82.7 cm³/mol. The summed E-state index contributed by atoms with van der Waals surface area (Å²) in [6.45, 7) is 4.59. The van der Waals surface area contributed by atoms with Crippen LogP contribution >= 0.6 is 12.2 Å². The van der Waals surface area contributed by atoms with Gasteiger partial charge in [0.05, 0.1) is 0 Å². The molecule has 0 unspecified atom stereocenters. The normalized spacial score (nSPS) is 42.3. The van der Waals surface area contributed by atoms with E-state index in [0.29, 0.717) is 18.1 Å². The minimum atomic E-state index is 0.587. The number of hydrogen-bond acceptors (Lipinski definition) is 2. The van der Waals surface area contributed by atoms with E-state index in [4.69, 9.17) is 12.2 Å². The summed E-state index contributed by atoms with van der Waals surface area (Å²) in [5.74, 6) is 1.85. The Morgan fingerprint density at radius 3 is 2.37 bits per heavy atom. The van der Waals surface area contributed by atoms with Crippen LogP contribution in [0.25, 0.3) is 0 Å². The van der Waals surface area contributed by atoms with Crippen molar-refractivity contribution in [3.63, 3.8) is 0 Å². The predicted octanol–water partition coefficient (Wildman–Crippen LogP) is 2.82. The van der Waals surface area contributed by atoms with Gasteiger partial charge in [-0.25, -0.2) is 5.01 Å². The molecule has 2 saturated carbocycles. The quantitative estimate of drug-likeness (QED) is 0.761. The molecule has 1 aliphatic heterocycles. The summed E-state index contributed by atoms with van der Waals surface area (Å²) in [6.07, 6.45) is 9.49. The highest BCUT2D eigenvalue weighted by atomic mass is 32.1. The van der Waals surface area contributed by atoms with Crippen LogP contribution in [0.5, 0.6) is 0 Å². The van der Waals surface area contributed by atoms with Gasteiger partial charge in [0.2, 0.25) is 0 Å². The molecule has 1 saturated heterocycles. The lowest BCUT2D eigenvalue weighted by Crippen LogP contribution is -2.58. The highest BCUT2D eigenvalue weighted by Crippen LogP contribution is 2.44. The summed E-state index contributed by atoms with van der Waals surface area (Å²) in [7, 11) is 0. The zero-order valence-electron chi connectivity index (χ0n) is 12.2. The van der Waals surface area contributed by atoms with Gasteiger partial charge in [-0.15, -0.1) is 0 Å². The van der Waals surface area contributed by atoms with Gasteiger partial charge in [0, 0.05) is 18.1 Å². The molecule has 2 N–H and O–H groups in total. The Morgan fingerprint density at radius 2 is 1.79 bits per heavy atom. The number of hydrazine groups is 1. The van der Waals surface area contributed by atoms with E-state index in [-0.39, 0.29) is 0 Å². The number of fused-ring (bicyclic) bond motifs is 2. The zero-order valence-corrected chi connectivity index (χ0v) is 13.0. The summed E-state index contributed by atoms with van der Waals surface area (Å²) in [5.41, 5.74) is 3.46. The van der Waals surface area contributed by atoms with Gasteiger partial charge in [0.25, 0.3) is 0 Å². The molecule has 108 valence electrons. The first kappa shape index (κ1) is 13.6. The Kier molecular flexibility index (Phi) is 3.99. The number of rotatable bonds is 2. The number of nitrogens with zero attached hydrogens (tertiary/aromatic N) is 1. The lowest BCUT2D eigenvalue weighted by molar-refractivity contribution is 0.0731. The average Bonchev–Trinajstić information content (AvgIpc) is 2.96. The van der Waals surface area contributed by atoms with Crippen molar-refractivity contribution in [3.05, 3.63) is 0 Å². The van der Waals surface area contributed by atoms with Gasteiger partial charge in [-0.1, -0.05) is 12.8 Å². The first-order valence-corrected chi connectivity index (χ1v) is 8.40. The number of piperidine rings is 1. The molecule has 19 heavy (non-hydrogen) atoms. The van der Waals surface area contributed by atoms with Crippen molar-refractivity contribution in [2.75, 3.05) is 0 Å². The van der Waals surface area contributed by atoms with Crippen molar-refractivity contribution in [3.8, 4) is 0 Å². The molecule has 3 fully saturated rings. The van der Waals surface area contributed by atoms with Crippen molar-refractivity contribution < 1.29 is 0 Å². The second kappa shape index (κ2) is 5.57. The molecule has 1 heterocycles. The Morgan fingerprint density at radius 1 is 1.05 bits per heavy atom. The Hall–Kier alpha value is -0.350. The van der Waals surface area contributed by atoms with E-state index in [1.54, 1.807) is 0 Å². The summed E-state index contributed by atoms with van der Waals surface area (Å²) >= 11 is 5.53. The second-order valence-corrected chi connectivity index (χ2v) is 7.31. The highest BCUT2D eigenvalue weighted by molar-refractivity contribution is 7.80. The van der Waals surface area contributed by atoms with E-state index in [1.807, 2.05) is 0 Å². The number of nitrogens with one attached hydrogen (secondary N) is 2. The van der Waals surface area contributed by atoms with E-state index >= 15 is 0 Å². The third-order valence-electron chi connectivity index (χ3n) is 5.48. The van der Waals surface area contributed by atoms with Crippen LogP contribution in [-0.4, -0.2) is 28.2 Å². The molecule has 2 bridgehead atoms.